The summed E-state index contributed by atoms with van der Waals surface area (Å²) in [6.45, 7) is 4.82. The zero-order chi connectivity index (χ0) is 27.1. The lowest BCUT2D eigenvalue weighted by Gasteiger charge is -2.29. The standard InChI is InChI=1S/C33H38F4O/c1-3-5-7-9-22-11-20-29(38-21-22)28-19-18-27(32(36)33(28)37)24-14-12-23(13-15-24)26-17-16-25(10-8-6-4-2)30(34)31(26)35/h12-19,22,29H,3-11,20-21H2,1-2H3. The summed E-state index contributed by atoms with van der Waals surface area (Å²) >= 11 is 0. The average Bonchev–Trinajstić information content (AvgIpc) is 2.94. The molecule has 1 heterocycles. The maximum atomic E-state index is 15.2. The molecule has 0 amide bonds. The van der Waals surface area contributed by atoms with Crippen molar-refractivity contribution in [3.05, 3.63) is 82.9 Å². The number of aryl methyl sites for hydroxylation is 1. The lowest BCUT2D eigenvalue weighted by atomic mass is 9.90. The van der Waals surface area contributed by atoms with Gasteiger partial charge in [-0.2, -0.15) is 0 Å². The Morgan fingerprint density at radius 2 is 1.26 bits per heavy atom. The number of hydrogen-bond donors (Lipinski definition) is 0. The molecule has 1 aliphatic rings. The fourth-order valence-corrected chi connectivity index (χ4v) is 5.40. The third kappa shape index (κ3) is 6.48. The van der Waals surface area contributed by atoms with E-state index < -0.39 is 29.4 Å². The van der Waals surface area contributed by atoms with Gasteiger partial charge in [0.2, 0.25) is 0 Å². The molecule has 0 aromatic heterocycles. The highest BCUT2D eigenvalue weighted by atomic mass is 19.2. The summed E-state index contributed by atoms with van der Waals surface area (Å²) in [5.74, 6) is -3.01. The van der Waals surface area contributed by atoms with Crippen LogP contribution in [0.4, 0.5) is 17.6 Å². The smallest absolute Gasteiger partial charge is 0.167 e. The van der Waals surface area contributed by atoms with Gasteiger partial charge in [-0.15, -0.1) is 0 Å². The zero-order valence-corrected chi connectivity index (χ0v) is 22.5. The first kappa shape index (κ1) is 28.4. The third-order valence-electron chi connectivity index (χ3n) is 7.76. The van der Waals surface area contributed by atoms with Gasteiger partial charge in [-0.05, 0) is 54.7 Å². The van der Waals surface area contributed by atoms with Crippen LogP contribution in [0.15, 0.2) is 48.5 Å². The Bertz CT molecular complexity index is 1200. The molecule has 3 aromatic carbocycles. The van der Waals surface area contributed by atoms with Crippen LogP contribution in [0.1, 0.15) is 88.9 Å². The van der Waals surface area contributed by atoms with Gasteiger partial charge in [0.05, 0.1) is 12.7 Å². The average molecular weight is 527 g/mol. The van der Waals surface area contributed by atoms with E-state index in [0.717, 1.165) is 32.1 Å². The summed E-state index contributed by atoms with van der Waals surface area (Å²) in [6.07, 6.45) is 9.17. The number of halogens is 4. The Labute approximate surface area is 224 Å². The quantitative estimate of drug-likeness (QED) is 0.178. The van der Waals surface area contributed by atoms with Gasteiger partial charge in [0.25, 0.3) is 0 Å². The summed E-state index contributed by atoms with van der Waals surface area (Å²) in [4.78, 5) is 0. The highest BCUT2D eigenvalue weighted by Gasteiger charge is 2.27. The van der Waals surface area contributed by atoms with E-state index >= 15 is 8.78 Å². The second-order valence-electron chi connectivity index (χ2n) is 10.5. The molecule has 1 nitrogen and oxygen atoms in total. The Morgan fingerprint density at radius 1 is 0.658 bits per heavy atom. The molecule has 0 N–H and O–H groups in total. The van der Waals surface area contributed by atoms with Crippen LogP contribution in [-0.2, 0) is 11.2 Å². The van der Waals surface area contributed by atoms with Crippen molar-refractivity contribution in [3.8, 4) is 22.3 Å². The highest BCUT2D eigenvalue weighted by Crippen LogP contribution is 2.37. The van der Waals surface area contributed by atoms with E-state index in [1.807, 2.05) is 0 Å². The van der Waals surface area contributed by atoms with Gasteiger partial charge in [0.15, 0.2) is 23.3 Å². The van der Waals surface area contributed by atoms with Crippen LogP contribution in [0.25, 0.3) is 22.3 Å². The van der Waals surface area contributed by atoms with Crippen LogP contribution in [0, 0.1) is 29.2 Å². The van der Waals surface area contributed by atoms with E-state index in [2.05, 4.69) is 13.8 Å². The van der Waals surface area contributed by atoms with Gasteiger partial charge in [-0.25, -0.2) is 17.6 Å². The fourth-order valence-electron chi connectivity index (χ4n) is 5.40. The number of benzene rings is 3. The van der Waals surface area contributed by atoms with Gasteiger partial charge in [0.1, 0.15) is 0 Å². The van der Waals surface area contributed by atoms with Crippen molar-refractivity contribution in [2.45, 2.75) is 84.2 Å². The van der Waals surface area contributed by atoms with E-state index in [1.54, 1.807) is 48.5 Å². The molecule has 0 spiro atoms. The second-order valence-corrected chi connectivity index (χ2v) is 10.5. The summed E-state index contributed by atoms with van der Waals surface area (Å²) in [5, 5.41) is 0. The Hall–Kier alpha value is -2.66. The van der Waals surface area contributed by atoms with Gasteiger partial charge in [0, 0.05) is 16.7 Å². The molecule has 0 bridgehead atoms. The largest absolute Gasteiger partial charge is 0.373 e. The molecule has 0 saturated carbocycles. The molecule has 2 atom stereocenters. The van der Waals surface area contributed by atoms with Crippen molar-refractivity contribution >= 4 is 0 Å². The molecule has 3 aromatic rings. The van der Waals surface area contributed by atoms with Gasteiger partial charge in [-0.3, -0.25) is 0 Å². The molecular formula is C33H38F4O. The molecule has 1 saturated heterocycles. The first-order valence-electron chi connectivity index (χ1n) is 14.1. The molecule has 0 radical (unpaired) electrons. The Balaban J connectivity index is 1.47. The van der Waals surface area contributed by atoms with Crippen molar-refractivity contribution in [3.63, 3.8) is 0 Å². The Morgan fingerprint density at radius 3 is 1.87 bits per heavy atom. The number of rotatable bonds is 11. The van der Waals surface area contributed by atoms with E-state index in [4.69, 9.17) is 4.74 Å². The van der Waals surface area contributed by atoms with Gasteiger partial charge < -0.3 is 4.74 Å². The minimum Gasteiger partial charge on any atom is -0.373 e. The van der Waals surface area contributed by atoms with Crippen molar-refractivity contribution in [1.82, 2.24) is 0 Å². The van der Waals surface area contributed by atoms with E-state index in [0.29, 0.717) is 42.1 Å². The van der Waals surface area contributed by atoms with Crippen LogP contribution >= 0.6 is 0 Å². The van der Waals surface area contributed by atoms with E-state index in [9.17, 15) is 8.78 Å². The normalized spacial score (nSPS) is 17.6. The van der Waals surface area contributed by atoms with E-state index in [-0.39, 0.29) is 16.7 Å². The summed E-state index contributed by atoms with van der Waals surface area (Å²) in [7, 11) is 0. The molecule has 1 aliphatic heterocycles. The maximum Gasteiger partial charge on any atom is 0.167 e. The van der Waals surface area contributed by atoms with Crippen LogP contribution in [-0.4, -0.2) is 6.61 Å². The first-order chi connectivity index (χ1) is 18.4. The minimum absolute atomic E-state index is 0.129. The topological polar surface area (TPSA) is 9.23 Å². The van der Waals surface area contributed by atoms with Crippen molar-refractivity contribution in [2.75, 3.05) is 6.61 Å². The second kappa shape index (κ2) is 13.4. The monoisotopic (exact) mass is 526 g/mol. The summed E-state index contributed by atoms with van der Waals surface area (Å²) in [6, 6.07) is 12.8. The van der Waals surface area contributed by atoms with Crippen LogP contribution in [0.5, 0.6) is 0 Å². The molecule has 4 rings (SSSR count). The lowest BCUT2D eigenvalue weighted by molar-refractivity contribution is -0.0218. The highest BCUT2D eigenvalue weighted by molar-refractivity contribution is 5.71. The molecule has 2 unspecified atom stereocenters. The van der Waals surface area contributed by atoms with Crippen molar-refractivity contribution in [2.24, 2.45) is 5.92 Å². The SMILES string of the molecule is CCCCCc1ccc(-c2ccc(-c3ccc(C4CCC(CCCCC)CO4)c(F)c3F)cc2)c(F)c1F. The predicted molar refractivity (Wildman–Crippen MR) is 146 cm³/mol. The maximum absolute atomic E-state index is 15.2. The molecule has 38 heavy (non-hydrogen) atoms. The summed E-state index contributed by atoms with van der Waals surface area (Å²) in [5.41, 5.74) is 1.86. The number of ether oxygens (including phenoxy) is 1. The van der Waals surface area contributed by atoms with Crippen LogP contribution in [0.3, 0.4) is 0 Å². The van der Waals surface area contributed by atoms with Gasteiger partial charge >= 0.3 is 0 Å². The number of hydrogen-bond acceptors (Lipinski definition) is 1. The lowest BCUT2D eigenvalue weighted by Crippen LogP contribution is -2.21. The molecule has 5 heteroatoms. The third-order valence-corrected chi connectivity index (χ3v) is 7.76. The van der Waals surface area contributed by atoms with E-state index in [1.165, 1.54) is 19.3 Å². The molecular weight excluding hydrogens is 488 g/mol. The van der Waals surface area contributed by atoms with Crippen molar-refractivity contribution in [1.29, 1.82) is 0 Å². The number of unbranched alkanes of at least 4 members (excludes halogenated alkanes) is 4. The zero-order valence-electron chi connectivity index (χ0n) is 22.5. The first-order valence-corrected chi connectivity index (χ1v) is 14.1. The molecule has 0 aliphatic carbocycles. The predicted octanol–water partition coefficient (Wildman–Crippen LogP) is 10.4. The van der Waals surface area contributed by atoms with Gasteiger partial charge in [-0.1, -0.05) is 94.5 Å². The van der Waals surface area contributed by atoms with Crippen LogP contribution in [0.2, 0.25) is 0 Å². The fraction of sp³-hybridized carbons (Fsp3) is 0.455. The molecule has 204 valence electrons. The molecule has 1 fully saturated rings. The summed E-state index contributed by atoms with van der Waals surface area (Å²) < 4.78 is 65.7. The Kier molecular flexibility index (Phi) is 10.0. The minimum atomic E-state index is -0.919. The van der Waals surface area contributed by atoms with Crippen LogP contribution < -0.4 is 0 Å². The van der Waals surface area contributed by atoms with Crippen molar-refractivity contribution < 1.29 is 22.3 Å².